The molecule has 2 rings (SSSR count). The summed E-state index contributed by atoms with van der Waals surface area (Å²) in [4.78, 5) is 12.2. The quantitative estimate of drug-likeness (QED) is 0.466. The molecule has 1 amide bonds. The van der Waals surface area contributed by atoms with Crippen LogP contribution in [0.15, 0.2) is 40.9 Å². The Labute approximate surface area is 178 Å². The molecule has 3 nitrogen and oxygen atoms in total. The SMILES string of the molecule is Cc1cc(OCCCC(=O)Nc2ccc(C(C)(C)C)cc2Br)ccc1C(C)C. The Bertz CT molecular complexity index is 822. The normalized spacial score (nSPS) is 11.6. The molecule has 0 bridgehead atoms. The number of carbonyl (C=O) groups excluding carboxylic acids is 1. The summed E-state index contributed by atoms with van der Waals surface area (Å²) in [5, 5.41) is 2.98. The fourth-order valence-corrected chi connectivity index (χ4v) is 3.58. The third-order valence-electron chi connectivity index (χ3n) is 4.79. The number of carbonyl (C=O) groups is 1. The summed E-state index contributed by atoms with van der Waals surface area (Å²) in [5.74, 6) is 1.37. The van der Waals surface area contributed by atoms with Crippen LogP contribution in [0.2, 0.25) is 0 Å². The van der Waals surface area contributed by atoms with Gasteiger partial charge in [-0.1, -0.05) is 46.8 Å². The van der Waals surface area contributed by atoms with Gasteiger partial charge in [0.2, 0.25) is 5.91 Å². The van der Waals surface area contributed by atoms with Crippen molar-refractivity contribution < 1.29 is 9.53 Å². The third kappa shape index (κ3) is 6.37. The summed E-state index contributed by atoms with van der Waals surface area (Å²) < 4.78 is 6.72. The van der Waals surface area contributed by atoms with Gasteiger partial charge in [-0.25, -0.2) is 0 Å². The van der Waals surface area contributed by atoms with E-state index in [1.165, 1.54) is 16.7 Å². The number of anilines is 1. The first-order valence-electron chi connectivity index (χ1n) is 9.91. The van der Waals surface area contributed by atoms with E-state index < -0.39 is 0 Å². The van der Waals surface area contributed by atoms with E-state index >= 15 is 0 Å². The summed E-state index contributed by atoms with van der Waals surface area (Å²) in [6, 6.07) is 12.3. The van der Waals surface area contributed by atoms with E-state index in [4.69, 9.17) is 4.74 Å². The number of hydrogen-bond acceptors (Lipinski definition) is 2. The molecule has 2 aromatic carbocycles. The second-order valence-corrected chi connectivity index (χ2v) is 9.47. The lowest BCUT2D eigenvalue weighted by molar-refractivity contribution is -0.116. The number of hydrogen-bond donors (Lipinski definition) is 1. The number of benzene rings is 2. The Morgan fingerprint density at radius 2 is 1.86 bits per heavy atom. The van der Waals surface area contributed by atoms with Gasteiger partial charge in [0, 0.05) is 10.9 Å². The average molecular weight is 446 g/mol. The minimum Gasteiger partial charge on any atom is -0.494 e. The van der Waals surface area contributed by atoms with Crippen LogP contribution in [0.3, 0.4) is 0 Å². The minimum absolute atomic E-state index is 0.000792. The summed E-state index contributed by atoms with van der Waals surface area (Å²) in [6.45, 7) is 13.5. The van der Waals surface area contributed by atoms with Crippen LogP contribution in [-0.4, -0.2) is 12.5 Å². The lowest BCUT2D eigenvalue weighted by Gasteiger charge is -2.20. The van der Waals surface area contributed by atoms with Crippen molar-refractivity contribution in [1.82, 2.24) is 0 Å². The Morgan fingerprint density at radius 3 is 2.43 bits per heavy atom. The van der Waals surface area contributed by atoms with Crippen molar-refractivity contribution in [3.63, 3.8) is 0 Å². The van der Waals surface area contributed by atoms with Gasteiger partial charge in [-0.15, -0.1) is 0 Å². The Kier molecular flexibility index (Phi) is 7.70. The van der Waals surface area contributed by atoms with Gasteiger partial charge in [0.25, 0.3) is 0 Å². The van der Waals surface area contributed by atoms with Gasteiger partial charge >= 0.3 is 0 Å². The largest absolute Gasteiger partial charge is 0.494 e. The molecular weight excluding hydrogens is 414 g/mol. The molecule has 0 saturated carbocycles. The molecular formula is C24H32BrNO2. The van der Waals surface area contributed by atoms with E-state index in [0.29, 0.717) is 25.4 Å². The molecule has 0 aliphatic heterocycles. The molecule has 1 N–H and O–H groups in total. The third-order valence-corrected chi connectivity index (χ3v) is 5.45. The van der Waals surface area contributed by atoms with E-state index in [0.717, 1.165) is 15.9 Å². The summed E-state index contributed by atoms with van der Waals surface area (Å²) in [5.41, 5.74) is 4.70. The van der Waals surface area contributed by atoms with Crippen LogP contribution in [0.1, 0.15) is 70.1 Å². The zero-order chi connectivity index (χ0) is 20.9. The van der Waals surface area contributed by atoms with Crippen LogP contribution < -0.4 is 10.1 Å². The van der Waals surface area contributed by atoms with Crippen LogP contribution in [0.4, 0.5) is 5.69 Å². The predicted molar refractivity (Wildman–Crippen MR) is 121 cm³/mol. The van der Waals surface area contributed by atoms with Gasteiger partial charge < -0.3 is 10.1 Å². The number of rotatable bonds is 7. The molecule has 0 fully saturated rings. The number of aryl methyl sites for hydroxylation is 1. The van der Waals surface area contributed by atoms with Gasteiger partial charge in [0.15, 0.2) is 0 Å². The molecule has 2 aromatic rings. The monoisotopic (exact) mass is 445 g/mol. The number of nitrogens with one attached hydrogen (secondary N) is 1. The van der Waals surface area contributed by atoms with Crippen molar-refractivity contribution in [2.24, 2.45) is 0 Å². The standard InChI is InChI=1S/C24H32BrNO2/c1-16(2)20-11-10-19(14-17(20)3)28-13-7-8-23(27)26-22-12-9-18(15-21(22)25)24(4,5)6/h9-12,14-16H,7-8,13H2,1-6H3,(H,26,27). The topological polar surface area (TPSA) is 38.3 Å². The fraction of sp³-hybridized carbons (Fsp3) is 0.458. The summed E-state index contributed by atoms with van der Waals surface area (Å²) in [7, 11) is 0. The smallest absolute Gasteiger partial charge is 0.224 e. The average Bonchev–Trinajstić information content (AvgIpc) is 2.59. The van der Waals surface area contributed by atoms with Crippen LogP contribution in [0, 0.1) is 6.92 Å². The van der Waals surface area contributed by atoms with Gasteiger partial charge in [0.1, 0.15) is 5.75 Å². The van der Waals surface area contributed by atoms with Crippen molar-refractivity contribution in [2.75, 3.05) is 11.9 Å². The maximum absolute atomic E-state index is 12.2. The van der Waals surface area contributed by atoms with E-state index in [9.17, 15) is 4.79 Å². The second-order valence-electron chi connectivity index (χ2n) is 8.62. The first kappa shape index (κ1) is 22.5. The highest BCUT2D eigenvalue weighted by atomic mass is 79.9. The molecule has 0 aliphatic carbocycles. The molecule has 0 spiro atoms. The number of ether oxygens (including phenoxy) is 1. The van der Waals surface area contributed by atoms with Crippen molar-refractivity contribution in [1.29, 1.82) is 0 Å². The lowest BCUT2D eigenvalue weighted by atomic mass is 9.87. The molecule has 0 heterocycles. The van der Waals surface area contributed by atoms with E-state index in [-0.39, 0.29) is 11.3 Å². The first-order chi connectivity index (χ1) is 13.1. The predicted octanol–water partition coefficient (Wildman–Crippen LogP) is 6.98. The van der Waals surface area contributed by atoms with Crippen molar-refractivity contribution in [3.05, 3.63) is 57.6 Å². The van der Waals surface area contributed by atoms with Crippen LogP contribution in [0.5, 0.6) is 5.75 Å². The van der Waals surface area contributed by atoms with E-state index in [1.807, 2.05) is 12.1 Å². The highest BCUT2D eigenvalue weighted by Crippen LogP contribution is 2.30. The Balaban J connectivity index is 1.81. The molecule has 28 heavy (non-hydrogen) atoms. The van der Waals surface area contributed by atoms with Crippen LogP contribution >= 0.6 is 15.9 Å². The molecule has 0 aliphatic rings. The number of amides is 1. The second kappa shape index (κ2) is 9.60. The first-order valence-corrected chi connectivity index (χ1v) is 10.7. The fourth-order valence-electron chi connectivity index (χ4n) is 3.10. The maximum Gasteiger partial charge on any atom is 0.224 e. The summed E-state index contributed by atoms with van der Waals surface area (Å²) >= 11 is 3.56. The zero-order valence-electron chi connectivity index (χ0n) is 17.9. The number of halogens is 1. The van der Waals surface area contributed by atoms with E-state index in [1.54, 1.807) is 0 Å². The zero-order valence-corrected chi connectivity index (χ0v) is 19.4. The Hall–Kier alpha value is -1.81. The molecule has 0 atom stereocenters. The van der Waals surface area contributed by atoms with Crippen molar-refractivity contribution in [2.45, 2.75) is 65.7 Å². The summed E-state index contributed by atoms with van der Waals surface area (Å²) in [6.07, 6.45) is 1.10. The minimum atomic E-state index is -0.000792. The van der Waals surface area contributed by atoms with E-state index in [2.05, 4.69) is 87.1 Å². The maximum atomic E-state index is 12.2. The van der Waals surface area contributed by atoms with Gasteiger partial charge in [-0.2, -0.15) is 0 Å². The molecule has 0 aromatic heterocycles. The van der Waals surface area contributed by atoms with Crippen molar-refractivity contribution in [3.8, 4) is 5.75 Å². The van der Waals surface area contributed by atoms with Crippen LogP contribution in [0.25, 0.3) is 0 Å². The van der Waals surface area contributed by atoms with Crippen molar-refractivity contribution >= 4 is 27.5 Å². The van der Waals surface area contributed by atoms with Gasteiger partial charge in [0.05, 0.1) is 12.3 Å². The molecule has 0 radical (unpaired) electrons. The molecule has 0 unspecified atom stereocenters. The Morgan fingerprint density at radius 1 is 1.14 bits per heavy atom. The molecule has 4 heteroatoms. The van der Waals surface area contributed by atoms with Gasteiger partial charge in [-0.3, -0.25) is 4.79 Å². The van der Waals surface area contributed by atoms with Gasteiger partial charge in [-0.05, 0) is 81.6 Å². The molecule has 0 saturated heterocycles. The highest BCUT2D eigenvalue weighted by molar-refractivity contribution is 9.10. The van der Waals surface area contributed by atoms with Crippen LogP contribution in [-0.2, 0) is 10.2 Å². The molecule has 152 valence electrons. The lowest BCUT2D eigenvalue weighted by Crippen LogP contribution is -2.15. The highest BCUT2D eigenvalue weighted by Gasteiger charge is 2.15.